The van der Waals surface area contributed by atoms with Crippen LogP contribution >= 0.6 is 0 Å². The molecule has 6 nitrogen and oxygen atoms in total. The molecular weight excluding hydrogens is 359 g/mol. The van der Waals surface area contributed by atoms with E-state index >= 15 is 0 Å². The Bertz CT molecular complexity index is 837. The van der Waals surface area contributed by atoms with Gasteiger partial charge in [0.05, 0.1) is 7.11 Å². The van der Waals surface area contributed by atoms with Crippen LogP contribution in [0.1, 0.15) is 21.5 Å². The van der Waals surface area contributed by atoms with Crippen molar-refractivity contribution in [3.05, 3.63) is 65.0 Å². The van der Waals surface area contributed by atoms with Crippen molar-refractivity contribution < 1.29 is 13.9 Å². The van der Waals surface area contributed by atoms with E-state index in [1.54, 1.807) is 38.2 Å². The van der Waals surface area contributed by atoms with E-state index in [-0.39, 0.29) is 11.7 Å². The number of nitrogens with one attached hydrogen (secondary N) is 2. The summed E-state index contributed by atoms with van der Waals surface area (Å²) in [5, 5.41) is 6.37. The van der Waals surface area contributed by atoms with E-state index in [9.17, 15) is 9.18 Å². The average Bonchev–Trinajstić information content (AvgIpc) is 2.70. The highest BCUT2D eigenvalue weighted by Gasteiger charge is 2.08. The first-order chi connectivity index (χ1) is 13.4. The van der Waals surface area contributed by atoms with Crippen molar-refractivity contribution in [1.82, 2.24) is 15.5 Å². The lowest BCUT2D eigenvalue weighted by Crippen LogP contribution is -2.37. The lowest BCUT2D eigenvalue weighted by atomic mass is 10.1. The molecule has 0 radical (unpaired) electrons. The second-order valence-corrected chi connectivity index (χ2v) is 6.47. The Balaban J connectivity index is 1.85. The lowest BCUT2D eigenvalue weighted by Gasteiger charge is -2.13. The molecule has 0 spiro atoms. The monoisotopic (exact) mass is 386 g/mol. The SMILES string of the molecule is CN=C(NCCc1cccc(C(=O)N(C)C)c1)NCc1ccc(OC)c(F)c1. The molecule has 0 aromatic heterocycles. The summed E-state index contributed by atoms with van der Waals surface area (Å²) in [6.07, 6.45) is 0.742. The van der Waals surface area contributed by atoms with Gasteiger partial charge in [0.1, 0.15) is 0 Å². The Morgan fingerprint density at radius 2 is 1.93 bits per heavy atom. The van der Waals surface area contributed by atoms with Crippen LogP contribution in [0, 0.1) is 5.82 Å². The largest absolute Gasteiger partial charge is 0.494 e. The Labute approximate surface area is 165 Å². The normalized spacial score (nSPS) is 11.1. The first kappa shape index (κ1) is 21.2. The van der Waals surface area contributed by atoms with Crippen molar-refractivity contribution in [2.24, 2.45) is 4.99 Å². The molecule has 2 aromatic carbocycles. The highest BCUT2D eigenvalue weighted by atomic mass is 19.1. The Morgan fingerprint density at radius 3 is 2.57 bits per heavy atom. The van der Waals surface area contributed by atoms with Crippen molar-refractivity contribution in [3.63, 3.8) is 0 Å². The van der Waals surface area contributed by atoms with Gasteiger partial charge in [0.15, 0.2) is 17.5 Å². The number of carbonyl (C=O) groups is 1. The smallest absolute Gasteiger partial charge is 0.253 e. The van der Waals surface area contributed by atoms with Crippen LogP contribution in [0.5, 0.6) is 5.75 Å². The number of rotatable bonds is 7. The van der Waals surface area contributed by atoms with Crippen LogP contribution in [-0.4, -0.2) is 51.6 Å². The predicted octanol–water partition coefficient (Wildman–Crippen LogP) is 2.44. The maximum atomic E-state index is 13.8. The number of amides is 1. The molecule has 0 atom stereocenters. The molecule has 0 aliphatic rings. The fraction of sp³-hybridized carbons (Fsp3) is 0.333. The fourth-order valence-electron chi connectivity index (χ4n) is 2.67. The van der Waals surface area contributed by atoms with Gasteiger partial charge in [0.25, 0.3) is 5.91 Å². The molecular formula is C21H27FN4O2. The number of benzene rings is 2. The van der Waals surface area contributed by atoms with Gasteiger partial charge < -0.3 is 20.3 Å². The van der Waals surface area contributed by atoms with Crippen molar-refractivity contribution in [1.29, 1.82) is 0 Å². The van der Waals surface area contributed by atoms with E-state index in [0.717, 1.165) is 17.5 Å². The Morgan fingerprint density at radius 1 is 1.14 bits per heavy atom. The van der Waals surface area contributed by atoms with Gasteiger partial charge in [-0.1, -0.05) is 18.2 Å². The van der Waals surface area contributed by atoms with Crippen molar-refractivity contribution in [2.45, 2.75) is 13.0 Å². The van der Waals surface area contributed by atoms with E-state index in [4.69, 9.17) is 4.74 Å². The standard InChI is InChI=1S/C21H27FN4O2/c1-23-21(25-14-16-8-9-19(28-4)18(22)13-16)24-11-10-15-6-5-7-17(12-15)20(27)26(2)3/h5-9,12-13H,10-11,14H2,1-4H3,(H2,23,24,25). The van der Waals surface area contributed by atoms with Crippen molar-refractivity contribution in [3.8, 4) is 5.75 Å². The quantitative estimate of drug-likeness (QED) is 0.567. The van der Waals surface area contributed by atoms with Crippen molar-refractivity contribution in [2.75, 3.05) is 34.8 Å². The molecule has 0 saturated heterocycles. The number of nitrogens with zero attached hydrogens (tertiary/aromatic N) is 2. The van der Waals surface area contributed by atoms with Crippen LogP contribution in [0.15, 0.2) is 47.5 Å². The molecule has 0 fully saturated rings. The highest BCUT2D eigenvalue weighted by Crippen LogP contribution is 2.17. The van der Waals surface area contributed by atoms with Gasteiger partial charge in [-0.25, -0.2) is 4.39 Å². The third-order valence-corrected chi connectivity index (χ3v) is 4.19. The fourth-order valence-corrected chi connectivity index (χ4v) is 2.67. The Kier molecular flexibility index (Phi) is 7.80. The number of halogens is 1. The zero-order valence-electron chi connectivity index (χ0n) is 16.8. The second-order valence-electron chi connectivity index (χ2n) is 6.47. The van der Waals surface area contributed by atoms with Gasteiger partial charge in [-0.3, -0.25) is 9.79 Å². The molecule has 2 aromatic rings. The zero-order valence-corrected chi connectivity index (χ0v) is 16.8. The topological polar surface area (TPSA) is 66.0 Å². The van der Waals surface area contributed by atoms with Gasteiger partial charge in [0, 0.05) is 39.8 Å². The number of methoxy groups -OCH3 is 1. The van der Waals surface area contributed by atoms with E-state index in [0.29, 0.717) is 24.6 Å². The summed E-state index contributed by atoms with van der Waals surface area (Å²) in [7, 11) is 6.59. The Hall–Kier alpha value is -3.09. The van der Waals surface area contributed by atoms with Crippen LogP contribution in [0.2, 0.25) is 0 Å². The van der Waals surface area contributed by atoms with E-state index in [2.05, 4.69) is 15.6 Å². The van der Waals surface area contributed by atoms with E-state index < -0.39 is 5.82 Å². The molecule has 0 unspecified atom stereocenters. The molecule has 0 aliphatic carbocycles. The third-order valence-electron chi connectivity index (χ3n) is 4.19. The highest BCUT2D eigenvalue weighted by molar-refractivity contribution is 5.94. The maximum Gasteiger partial charge on any atom is 0.253 e. The van der Waals surface area contributed by atoms with Crippen LogP contribution in [0.3, 0.4) is 0 Å². The minimum Gasteiger partial charge on any atom is -0.494 e. The van der Waals surface area contributed by atoms with Crippen molar-refractivity contribution >= 4 is 11.9 Å². The second kappa shape index (κ2) is 10.3. The number of ether oxygens (including phenoxy) is 1. The molecule has 2 rings (SSSR count). The number of guanidine groups is 1. The summed E-state index contributed by atoms with van der Waals surface area (Å²) < 4.78 is 18.7. The predicted molar refractivity (Wildman–Crippen MR) is 109 cm³/mol. The van der Waals surface area contributed by atoms with Crippen LogP contribution in [0.25, 0.3) is 0 Å². The number of hydrogen-bond donors (Lipinski definition) is 2. The van der Waals surface area contributed by atoms with E-state index in [1.165, 1.54) is 13.2 Å². The number of aliphatic imine (C=N–C) groups is 1. The lowest BCUT2D eigenvalue weighted by molar-refractivity contribution is 0.0827. The van der Waals surface area contributed by atoms with E-state index in [1.807, 2.05) is 24.3 Å². The van der Waals surface area contributed by atoms with Gasteiger partial charge in [-0.05, 0) is 41.8 Å². The average molecular weight is 386 g/mol. The van der Waals surface area contributed by atoms with Gasteiger partial charge in [-0.2, -0.15) is 0 Å². The molecule has 1 amide bonds. The molecule has 0 bridgehead atoms. The molecule has 150 valence electrons. The summed E-state index contributed by atoms with van der Waals surface area (Å²) in [6, 6.07) is 12.4. The molecule has 0 aliphatic heterocycles. The minimum atomic E-state index is -0.392. The number of hydrogen-bond acceptors (Lipinski definition) is 3. The van der Waals surface area contributed by atoms with Gasteiger partial charge in [0.2, 0.25) is 0 Å². The summed E-state index contributed by atoms with van der Waals surface area (Å²) in [5.74, 6) is 0.439. The third kappa shape index (κ3) is 5.97. The molecule has 0 heterocycles. The van der Waals surface area contributed by atoms with Crippen LogP contribution in [0.4, 0.5) is 4.39 Å². The molecule has 7 heteroatoms. The van der Waals surface area contributed by atoms with Gasteiger partial charge in [-0.15, -0.1) is 0 Å². The number of carbonyl (C=O) groups excluding carboxylic acids is 1. The zero-order chi connectivity index (χ0) is 20.5. The van der Waals surface area contributed by atoms with Crippen LogP contribution in [-0.2, 0) is 13.0 Å². The summed E-state index contributed by atoms with van der Waals surface area (Å²) in [4.78, 5) is 17.8. The first-order valence-electron chi connectivity index (χ1n) is 9.02. The summed E-state index contributed by atoms with van der Waals surface area (Å²) >= 11 is 0. The first-order valence-corrected chi connectivity index (χ1v) is 9.02. The molecule has 0 saturated carbocycles. The summed E-state index contributed by atoms with van der Waals surface area (Å²) in [6.45, 7) is 1.09. The van der Waals surface area contributed by atoms with Crippen LogP contribution < -0.4 is 15.4 Å². The molecule has 28 heavy (non-hydrogen) atoms. The maximum absolute atomic E-state index is 13.8. The molecule has 2 N–H and O–H groups in total. The summed E-state index contributed by atoms with van der Waals surface area (Å²) in [5.41, 5.74) is 2.52. The minimum absolute atomic E-state index is 0.0148. The van der Waals surface area contributed by atoms with Gasteiger partial charge >= 0.3 is 0 Å².